The van der Waals surface area contributed by atoms with E-state index in [2.05, 4.69) is 25.8 Å². The Labute approximate surface area is 178 Å². The van der Waals surface area contributed by atoms with Gasteiger partial charge in [0.1, 0.15) is 11.9 Å². The van der Waals surface area contributed by atoms with E-state index in [9.17, 15) is 4.79 Å². The minimum Gasteiger partial charge on any atom is -0.340 e. The molecule has 0 spiro atoms. The molecule has 0 radical (unpaired) electrons. The summed E-state index contributed by atoms with van der Waals surface area (Å²) in [6, 6.07) is 24.3. The van der Waals surface area contributed by atoms with Crippen LogP contribution in [0.1, 0.15) is 33.6 Å². The predicted octanol–water partition coefficient (Wildman–Crippen LogP) is 3.37. The van der Waals surface area contributed by atoms with Crippen molar-refractivity contribution in [1.82, 2.24) is 35.5 Å². The number of nitrogens with zero attached hydrogens (tertiary/aromatic N) is 5. The summed E-state index contributed by atoms with van der Waals surface area (Å²) in [6.45, 7) is 1.81. The first-order valence-electron chi connectivity index (χ1n) is 9.85. The Morgan fingerprint density at radius 2 is 1.81 bits per heavy atom. The Hall–Kier alpha value is -4.33. The van der Waals surface area contributed by atoms with Crippen LogP contribution < -0.4 is 5.32 Å². The molecule has 0 saturated carbocycles. The number of tetrazole rings is 1. The third kappa shape index (κ3) is 3.66. The molecule has 8 heteroatoms. The molecular weight excluding hydrogens is 390 g/mol. The van der Waals surface area contributed by atoms with Gasteiger partial charge < -0.3 is 10.3 Å². The van der Waals surface area contributed by atoms with E-state index in [0.717, 1.165) is 22.3 Å². The zero-order chi connectivity index (χ0) is 21.2. The molecule has 0 saturated heterocycles. The molecular formula is C23H19N7O. The molecule has 5 aromatic rings. The van der Waals surface area contributed by atoms with E-state index in [1.807, 2.05) is 66.7 Å². The molecule has 0 aliphatic heterocycles. The van der Waals surface area contributed by atoms with E-state index in [4.69, 9.17) is 4.98 Å². The second kappa shape index (κ2) is 7.83. The molecule has 5 rings (SSSR count). The van der Waals surface area contributed by atoms with Crippen LogP contribution in [0, 0.1) is 6.92 Å². The van der Waals surface area contributed by atoms with Crippen LogP contribution in [0.25, 0.3) is 16.7 Å². The summed E-state index contributed by atoms with van der Waals surface area (Å²) in [5.41, 5.74) is 3.93. The van der Waals surface area contributed by atoms with Crippen LogP contribution in [0.2, 0.25) is 0 Å². The number of para-hydroxylation sites is 2. The lowest BCUT2D eigenvalue weighted by molar-refractivity contribution is 0.0941. The van der Waals surface area contributed by atoms with E-state index in [0.29, 0.717) is 17.2 Å². The van der Waals surface area contributed by atoms with Crippen molar-refractivity contribution in [3.8, 4) is 5.69 Å². The molecule has 3 aromatic carbocycles. The third-order valence-corrected chi connectivity index (χ3v) is 5.07. The molecule has 2 heterocycles. The normalized spacial score (nSPS) is 12.0. The number of aryl methyl sites for hydroxylation is 1. The molecule has 0 aliphatic carbocycles. The molecule has 0 aliphatic rings. The van der Waals surface area contributed by atoms with Gasteiger partial charge in [0.15, 0.2) is 5.82 Å². The number of aromatic amines is 1. The fourth-order valence-corrected chi connectivity index (χ4v) is 3.53. The van der Waals surface area contributed by atoms with Crippen molar-refractivity contribution in [2.24, 2.45) is 0 Å². The number of aromatic nitrogens is 6. The number of fused-ring (bicyclic) bond motifs is 1. The quantitative estimate of drug-likeness (QED) is 0.463. The van der Waals surface area contributed by atoms with Gasteiger partial charge in [0.2, 0.25) is 0 Å². The van der Waals surface area contributed by atoms with Crippen LogP contribution in [0.3, 0.4) is 0 Å². The van der Waals surface area contributed by atoms with Gasteiger partial charge in [-0.05, 0) is 53.2 Å². The molecule has 31 heavy (non-hydrogen) atoms. The topological polar surface area (TPSA) is 101 Å². The van der Waals surface area contributed by atoms with Crippen LogP contribution in [-0.4, -0.2) is 36.1 Å². The second-order valence-corrected chi connectivity index (χ2v) is 7.14. The lowest BCUT2D eigenvalue weighted by Gasteiger charge is -2.17. The van der Waals surface area contributed by atoms with E-state index in [1.165, 1.54) is 0 Å². The summed E-state index contributed by atoms with van der Waals surface area (Å²) < 4.78 is 1.59. The maximum atomic E-state index is 13.2. The first kappa shape index (κ1) is 18.7. The molecule has 8 nitrogen and oxygen atoms in total. The fraction of sp³-hybridized carbons (Fsp3) is 0.0870. The Morgan fingerprint density at radius 3 is 2.58 bits per heavy atom. The molecule has 1 amide bonds. The van der Waals surface area contributed by atoms with Crippen LogP contribution in [0.5, 0.6) is 0 Å². The zero-order valence-electron chi connectivity index (χ0n) is 16.7. The number of hydrogen-bond donors (Lipinski definition) is 2. The average molecular weight is 409 g/mol. The summed E-state index contributed by atoms with van der Waals surface area (Å²) in [6.07, 6.45) is 0. The van der Waals surface area contributed by atoms with E-state index < -0.39 is 6.04 Å². The highest BCUT2D eigenvalue weighted by Gasteiger charge is 2.21. The van der Waals surface area contributed by atoms with Gasteiger partial charge in [0.25, 0.3) is 5.91 Å². The van der Waals surface area contributed by atoms with Crippen molar-refractivity contribution in [1.29, 1.82) is 0 Å². The number of rotatable bonds is 5. The monoisotopic (exact) mass is 409 g/mol. The number of carbonyl (C=O) groups is 1. The van der Waals surface area contributed by atoms with Gasteiger partial charge in [-0.2, -0.15) is 4.68 Å². The molecule has 1 atom stereocenters. The number of amides is 1. The van der Waals surface area contributed by atoms with Crippen molar-refractivity contribution in [3.05, 3.63) is 102 Å². The Morgan fingerprint density at radius 1 is 1.00 bits per heavy atom. The van der Waals surface area contributed by atoms with Gasteiger partial charge >= 0.3 is 0 Å². The van der Waals surface area contributed by atoms with E-state index >= 15 is 0 Å². The smallest absolute Gasteiger partial charge is 0.252 e. The van der Waals surface area contributed by atoms with Gasteiger partial charge in [0, 0.05) is 5.56 Å². The summed E-state index contributed by atoms with van der Waals surface area (Å²) in [7, 11) is 0. The number of H-pyrrole nitrogens is 1. The molecule has 152 valence electrons. The van der Waals surface area contributed by atoms with Crippen LogP contribution >= 0.6 is 0 Å². The summed E-state index contributed by atoms with van der Waals surface area (Å²) in [5, 5.41) is 14.7. The summed E-state index contributed by atoms with van der Waals surface area (Å²) in [5.74, 6) is 1.09. The predicted molar refractivity (Wildman–Crippen MR) is 116 cm³/mol. The van der Waals surface area contributed by atoms with Crippen LogP contribution in [-0.2, 0) is 0 Å². The first-order chi connectivity index (χ1) is 15.2. The lowest BCUT2D eigenvalue weighted by atomic mass is 10.1. The SMILES string of the molecule is Cc1nnnn1-c1cccc(C(=O)N[C@@H](c2ccccc2)c2nc3ccccc3[nH]2)c1. The summed E-state index contributed by atoms with van der Waals surface area (Å²) in [4.78, 5) is 21.3. The van der Waals surface area contributed by atoms with E-state index in [-0.39, 0.29) is 5.91 Å². The first-order valence-corrected chi connectivity index (χ1v) is 9.85. The average Bonchev–Trinajstić information content (AvgIpc) is 3.44. The molecule has 0 bridgehead atoms. The summed E-state index contributed by atoms with van der Waals surface area (Å²) >= 11 is 0. The zero-order valence-corrected chi connectivity index (χ0v) is 16.7. The molecule has 2 aromatic heterocycles. The van der Waals surface area contributed by atoms with Crippen LogP contribution in [0.15, 0.2) is 78.9 Å². The molecule has 0 fully saturated rings. The molecule has 0 unspecified atom stereocenters. The van der Waals surface area contributed by atoms with Crippen molar-refractivity contribution < 1.29 is 4.79 Å². The fourth-order valence-electron chi connectivity index (χ4n) is 3.53. The number of benzene rings is 3. The van der Waals surface area contributed by atoms with Gasteiger partial charge in [-0.3, -0.25) is 4.79 Å². The number of imidazole rings is 1. The van der Waals surface area contributed by atoms with Crippen molar-refractivity contribution in [3.63, 3.8) is 0 Å². The highest BCUT2D eigenvalue weighted by Crippen LogP contribution is 2.23. The largest absolute Gasteiger partial charge is 0.340 e. The minimum atomic E-state index is -0.431. The highest BCUT2D eigenvalue weighted by molar-refractivity contribution is 5.95. The number of hydrogen-bond acceptors (Lipinski definition) is 5. The number of carbonyl (C=O) groups excluding carboxylic acids is 1. The standard InChI is InChI=1S/C23H19N7O/c1-15-27-28-29-30(15)18-11-7-10-17(14-18)23(31)26-21(16-8-3-2-4-9-16)22-24-19-12-5-6-13-20(19)25-22/h2-14,21H,1H3,(H,24,25)(H,26,31)/t21-/m0/s1. The van der Waals surface area contributed by atoms with Gasteiger partial charge in [-0.1, -0.05) is 48.5 Å². The third-order valence-electron chi connectivity index (χ3n) is 5.07. The minimum absolute atomic E-state index is 0.220. The van der Waals surface area contributed by atoms with Gasteiger partial charge in [-0.15, -0.1) is 5.10 Å². The van der Waals surface area contributed by atoms with E-state index in [1.54, 1.807) is 23.7 Å². The van der Waals surface area contributed by atoms with Crippen molar-refractivity contribution in [2.45, 2.75) is 13.0 Å². The Kier molecular flexibility index (Phi) is 4.72. The Balaban J connectivity index is 1.50. The maximum Gasteiger partial charge on any atom is 0.252 e. The van der Waals surface area contributed by atoms with Crippen molar-refractivity contribution in [2.75, 3.05) is 0 Å². The second-order valence-electron chi connectivity index (χ2n) is 7.14. The maximum absolute atomic E-state index is 13.2. The molecule has 2 N–H and O–H groups in total. The number of nitrogens with one attached hydrogen (secondary N) is 2. The van der Waals surface area contributed by atoms with Crippen molar-refractivity contribution >= 4 is 16.9 Å². The Bertz CT molecular complexity index is 1320. The van der Waals surface area contributed by atoms with Gasteiger partial charge in [0.05, 0.1) is 16.7 Å². The van der Waals surface area contributed by atoms with Gasteiger partial charge in [-0.25, -0.2) is 4.98 Å². The lowest BCUT2D eigenvalue weighted by Crippen LogP contribution is -2.30. The highest BCUT2D eigenvalue weighted by atomic mass is 16.1. The van der Waals surface area contributed by atoms with Crippen LogP contribution in [0.4, 0.5) is 0 Å².